The van der Waals surface area contributed by atoms with Crippen molar-refractivity contribution in [3.05, 3.63) is 120 Å². The van der Waals surface area contributed by atoms with Crippen molar-refractivity contribution in [1.82, 2.24) is 19.5 Å². The summed E-state index contributed by atoms with van der Waals surface area (Å²) < 4.78 is 19.7. The van der Waals surface area contributed by atoms with E-state index >= 15 is 0 Å². The molecular formula is C40H39N7O4. The van der Waals surface area contributed by atoms with Crippen LogP contribution in [-0.2, 0) is 26.4 Å². The van der Waals surface area contributed by atoms with Crippen LogP contribution in [0.1, 0.15) is 30.4 Å². The van der Waals surface area contributed by atoms with E-state index in [1.807, 2.05) is 71.3 Å². The Kier molecular flexibility index (Phi) is 8.81. The molecular weight excluding hydrogens is 642 g/mol. The van der Waals surface area contributed by atoms with Crippen LogP contribution in [0.4, 0.5) is 16.3 Å². The van der Waals surface area contributed by atoms with Gasteiger partial charge in [0, 0.05) is 36.2 Å². The van der Waals surface area contributed by atoms with Crippen molar-refractivity contribution in [2.75, 3.05) is 36.9 Å². The average Bonchev–Trinajstić information content (AvgIpc) is 3.52. The molecule has 8 rings (SSSR count). The van der Waals surface area contributed by atoms with Gasteiger partial charge in [0.25, 0.3) is 0 Å². The van der Waals surface area contributed by atoms with E-state index in [0.29, 0.717) is 42.7 Å². The topological polar surface area (TPSA) is 144 Å². The molecule has 51 heavy (non-hydrogen) atoms. The number of nitrogens with zero attached hydrogens (tertiary/aromatic N) is 5. The van der Waals surface area contributed by atoms with Crippen LogP contribution < -0.4 is 16.4 Å². The van der Waals surface area contributed by atoms with Gasteiger partial charge in [-0.1, -0.05) is 54.6 Å². The van der Waals surface area contributed by atoms with Gasteiger partial charge < -0.3 is 30.6 Å². The Bertz CT molecular complexity index is 2170. The summed E-state index contributed by atoms with van der Waals surface area (Å²) in [6.07, 6.45) is 3.30. The normalized spacial score (nSPS) is 16.9. The van der Waals surface area contributed by atoms with Crippen LogP contribution in [0.25, 0.3) is 39.5 Å². The van der Waals surface area contributed by atoms with Gasteiger partial charge in [-0.3, -0.25) is 4.57 Å². The number of primary amides is 1. The van der Waals surface area contributed by atoms with Crippen molar-refractivity contribution in [3.8, 4) is 28.3 Å². The maximum Gasteiger partial charge on any atom is 0.405 e. The summed E-state index contributed by atoms with van der Waals surface area (Å²) in [5, 5.41) is 0. The molecule has 4 N–H and O–H groups in total. The van der Waals surface area contributed by atoms with Gasteiger partial charge in [-0.25, -0.2) is 19.7 Å². The molecule has 0 bridgehead atoms. The Labute approximate surface area is 295 Å². The maximum absolute atomic E-state index is 11.7. The molecule has 0 unspecified atom stereocenters. The third kappa shape index (κ3) is 6.61. The second-order valence-corrected chi connectivity index (χ2v) is 13.1. The minimum Gasteiger partial charge on any atom is -0.438 e. The van der Waals surface area contributed by atoms with Gasteiger partial charge >= 0.3 is 6.09 Å². The van der Waals surface area contributed by atoms with E-state index in [9.17, 15) is 4.79 Å². The van der Waals surface area contributed by atoms with Gasteiger partial charge in [-0.15, -0.1) is 0 Å². The molecule has 1 saturated carbocycles. The largest absolute Gasteiger partial charge is 0.438 e. The minimum absolute atomic E-state index is 0.0267. The molecule has 258 valence electrons. The zero-order valence-electron chi connectivity index (χ0n) is 28.2. The van der Waals surface area contributed by atoms with Gasteiger partial charge in [0.05, 0.1) is 37.2 Å². The number of nitrogen functional groups attached to an aromatic ring is 1. The molecule has 1 aliphatic carbocycles. The standard InChI is InChI=1S/C40H39N7O4/c41-36-33(11-5-20-43-36)37-45-35-17-16-34(44-38(35)47(37)30-14-12-29(13-15-30)40(18-6-19-40)51-39(42)48)28-9-4-10-31(23-28)46-21-22-50-32(24-46)26-49-25-27-7-2-1-3-8-27/h1-5,7-17,20,23,32H,6,18-19,21-22,24-26H2,(H2,41,43)(H2,42,48)/t32-/m0/s1. The predicted molar refractivity (Wildman–Crippen MR) is 196 cm³/mol. The lowest BCUT2D eigenvalue weighted by Gasteiger charge is -2.40. The molecule has 1 aliphatic heterocycles. The molecule has 2 fully saturated rings. The van der Waals surface area contributed by atoms with Gasteiger partial charge in [0.1, 0.15) is 16.9 Å². The van der Waals surface area contributed by atoms with Gasteiger partial charge in [0.2, 0.25) is 0 Å². The number of hydrogen-bond acceptors (Lipinski definition) is 9. The summed E-state index contributed by atoms with van der Waals surface area (Å²) in [7, 11) is 0. The third-order valence-corrected chi connectivity index (χ3v) is 9.75. The SMILES string of the molecule is NC(=O)OC1(c2ccc(-n3c(-c4cccnc4N)nc4ccc(-c5cccc(N6CCO[C@H](COCc7ccccc7)C6)c5)nc43)cc2)CCC1. The molecule has 6 aromatic rings. The van der Waals surface area contributed by atoms with E-state index in [1.165, 1.54) is 0 Å². The van der Waals surface area contributed by atoms with E-state index in [0.717, 1.165) is 71.6 Å². The fourth-order valence-electron chi connectivity index (χ4n) is 7.00. The van der Waals surface area contributed by atoms with Crippen LogP contribution in [0, 0.1) is 0 Å². The number of pyridine rings is 2. The van der Waals surface area contributed by atoms with Crippen LogP contribution in [0.15, 0.2) is 109 Å². The van der Waals surface area contributed by atoms with Crippen molar-refractivity contribution in [2.45, 2.75) is 37.6 Å². The summed E-state index contributed by atoms with van der Waals surface area (Å²) in [5.41, 5.74) is 19.0. The van der Waals surface area contributed by atoms with Crippen molar-refractivity contribution >= 4 is 28.8 Å². The quantitative estimate of drug-likeness (QED) is 0.163. The summed E-state index contributed by atoms with van der Waals surface area (Å²) >= 11 is 0. The molecule has 4 heterocycles. The highest BCUT2D eigenvalue weighted by atomic mass is 16.6. The number of carbonyl (C=O) groups is 1. The Balaban J connectivity index is 1.10. The van der Waals surface area contributed by atoms with E-state index in [-0.39, 0.29) is 6.10 Å². The van der Waals surface area contributed by atoms with E-state index in [1.54, 1.807) is 6.20 Å². The number of rotatable bonds is 10. The monoisotopic (exact) mass is 681 g/mol. The van der Waals surface area contributed by atoms with E-state index < -0.39 is 11.7 Å². The Morgan fingerprint density at radius 2 is 1.76 bits per heavy atom. The molecule has 1 saturated heterocycles. The first-order chi connectivity index (χ1) is 25.0. The molecule has 0 spiro atoms. The summed E-state index contributed by atoms with van der Waals surface area (Å²) in [6, 6.07) is 34.3. The second kappa shape index (κ2) is 13.9. The molecule has 2 aliphatic rings. The second-order valence-electron chi connectivity index (χ2n) is 13.1. The highest BCUT2D eigenvalue weighted by Crippen LogP contribution is 2.45. The molecule has 11 nitrogen and oxygen atoms in total. The summed E-state index contributed by atoms with van der Waals surface area (Å²) in [4.78, 5) is 28.6. The van der Waals surface area contributed by atoms with Crippen LogP contribution in [0.3, 0.4) is 0 Å². The molecule has 1 amide bonds. The fraction of sp³-hybridized carbons (Fsp3) is 0.250. The number of ether oxygens (including phenoxy) is 3. The van der Waals surface area contributed by atoms with Crippen LogP contribution >= 0.6 is 0 Å². The van der Waals surface area contributed by atoms with E-state index in [4.69, 9.17) is 35.6 Å². The van der Waals surface area contributed by atoms with Gasteiger partial charge in [0.15, 0.2) is 11.5 Å². The molecule has 1 atom stereocenters. The Morgan fingerprint density at radius 3 is 2.53 bits per heavy atom. The minimum atomic E-state index is -0.768. The summed E-state index contributed by atoms with van der Waals surface area (Å²) in [6.45, 7) is 3.23. The first kappa shape index (κ1) is 32.4. The first-order valence-corrected chi connectivity index (χ1v) is 17.2. The molecule has 0 radical (unpaired) electrons. The lowest BCUT2D eigenvalue weighted by molar-refractivity contribution is -0.0489. The highest BCUT2D eigenvalue weighted by molar-refractivity contribution is 5.85. The lowest BCUT2D eigenvalue weighted by Crippen LogP contribution is -2.44. The van der Waals surface area contributed by atoms with Crippen molar-refractivity contribution in [2.24, 2.45) is 5.73 Å². The summed E-state index contributed by atoms with van der Waals surface area (Å²) in [5.74, 6) is 0.999. The number of anilines is 2. The molecule has 3 aromatic heterocycles. The van der Waals surface area contributed by atoms with Crippen molar-refractivity contribution < 1.29 is 19.0 Å². The predicted octanol–water partition coefficient (Wildman–Crippen LogP) is 6.63. The molecule has 3 aromatic carbocycles. The number of fused-ring (bicyclic) bond motifs is 1. The number of aromatic nitrogens is 4. The number of amides is 1. The van der Waals surface area contributed by atoms with Crippen LogP contribution in [0.2, 0.25) is 0 Å². The highest BCUT2D eigenvalue weighted by Gasteiger charge is 2.42. The number of carbonyl (C=O) groups excluding carboxylic acids is 1. The van der Waals surface area contributed by atoms with Crippen LogP contribution in [-0.4, -0.2) is 58.0 Å². The number of hydrogen-bond donors (Lipinski definition) is 2. The third-order valence-electron chi connectivity index (χ3n) is 9.75. The lowest BCUT2D eigenvalue weighted by atomic mass is 9.75. The first-order valence-electron chi connectivity index (χ1n) is 17.2. The zero-order valence-corrected chi connectivity index (χ0v) is 28.2. The van der Waals surface area contributed by atoms with Crippen LogP contribution in [0.5, 0.6) is 0 Å². The zero-order chi connectivity index (χ0) is 34.8. The smallest absolute Gasteiger partial charge is 0.405 e. The van der Waals surface area contributed by atoms with Crippen molar-refractivity contribution in [1.29, 1.82) is 0 Å². The van der Waals surface area contributed by atoms with Gasteiger partial charge in [-0.05, 0) is 78.9 Å². The Morgan fingerprint density at radius 1 is 0.922 bits per heavy atom. The van der Waals surface area contributed by atoms with E-state index in [2.05, 4.69) is 46.3 Å². The number of morpholine rings is 1. The number of nitrogens with two attached hydrogens (primary N) is 2. The number of benzene rings is 3. The van der Waals surface area contributed by atoms with Gasteiger partial charge in [-0.2, -0.15) is 0 Å². The maximum atomic E-state index is 11.7. The van der Waals surface area contributed by atoms with Crippen molar-refractivity contribution in [3.63, 3.8) is 0 Å². The Hall–Kier alpha value is -5.78. The average molecular weight is 682 g/mol. The fourth-order valence-corrected chi connectivity index (χ4v) is 7.00. The molecule has 11 heteroatoms. The number of imidazole rings is 1.